The molecule has 1 N–H and O–H groups in total. The smallest absolute Gasteiger partial charge is 0.181 e. The molecule has 1 atom stereocenters. The van der Waals surface area contributed by atoms with E-state index in [2.05, 4.69) is 37.9 Å². The van der Waals surface area contributed by atoms with Crippen molar-refractivity contribution in [1.82, 2.24) is 9.38 Å². The molecule has 0 amide bonds. The molecule has 160 valence electrons. The molecule has 0 unspecified atom stereocenters. The molecule has 0 radical (unpaired) electrons. The maximum absolute atomic E-state index is 13.0. The summed E-state index contributed by atoms with van der Waals surface area (Å²) in [6, 6.07) is 9.98. The molecule has 3 rings (SSSR count). The Hall–Kier alpha value is -2.66. The van der Waals surface area contributed by atoms with Gasteiger partial charge in [0.05, 0.1) is 5.69 Å². The van der Waals surface area contributed by atoms with Crippen LogP contribution in [0.15, 0.2) is 36.5 Å². The lowest BCUT2D eigenvalue weighted by atomic mass is 9.95. The third-order valence-electron chi connectivity index (χ3n) is 5.77. The molecule has 5 heteroatoms. The first kappa shape index (κ1) is 22.0. The van der Waals surface area contributed by atoms with Gasteiger partial charge >= 0.3 is 0 Å². The van der Waals surface area contributed by atoms with Crippen molar-refractivity contribution in [1.29, 1.82) is 0 Å². The van der Waals surface area contributed by atoms with Crippen molar-refractivity contribution < 1.29 is 14.6 Å². The Balaban J connectivity index is 1.85. The second-order valence-electron chi connectivity index (χ2n) is 8.09. The van der Waals surface area contributed by atoms with Gasteiger partial charge in [-0.25, -0.2) is 4.98 Å². The number of carbonyl (C=O) groups excluding carboxylic acids is 1. The van der Waals surface area contributed by atoms with E-state index in [0.29, 0.717) is 35.8 Å². The fourth-order valence-electron chi connectivity index (χ4n) is 3.94. The second kappa shape index (κ2) is 9.90. The molecule has 0 saturated carbocycles. The van der Waals surface area contributed by atoms with Crippen molar-refractivity contribution in [3.05, 3.63) is 64.6 Å². The lowest BCUT2D eigenvalue weighted by Crippen LogP contribution is -2.15. The van der Waals surface area contributed by atoms with E-state index in [1.54, 1.807) is 0 Å². The van der Waals surface area contributed by atoms with Gasteiger partial charge in [0.2, 0.25) is 0 Å². The minimum absolute atomic E-state index is 0.00846. The summed E-state index contributed by atoms with van der Waals surface area (Å²) in [4.78, 5) is 17.7. The van der Waals surface area contributed by atoms with Gasteiger partial charge in [0, 0.05) is 19.2 Å². The number of carbonyl (C=O) groups is 1. The molecular formula is C25H32N2O3. The molecule has 0 aliphatic heterocycles. The van der Waals surface area contributed by atoms with E-state index in [0.717, 1.165) is 19.3 Å². The van der Waals surface area contributed by atoms with Gasteiger partial charge in [-0.15, -0.1) is 0 Å². The highest BCUT2D eigenvalue weighted by molar-refractivity contribution is 5.96. The highest BCUT2D eigenvalue weighted by Crippen LogP contribution is 2.26. The van der Waals surface area contributed by atoms with Crippen LogP contribution in [0.2, 0.25) is 0 Å². The molecule has 0 spiro atoms. The first-order valence-corrected chi connectivity index (χ1v) is 10.8. The molecule has 0 bridgehead atoms. The van der Waals surface area contributed by atoms with Crippen LogP contribution in [-0.2, 0) is 6.61 Å². The number of pyridine rings is 1. The molecule has 3 aromatic rings. The number of benzene rings is 1. The van der Waals surface area contributed by atoms with E-state index in [1.807, 2.05) is 35.7 Å². The van der Waals surface area contributed by atoms with E-state index in [4.69, 9.17) is 4.74 Å². The number of hydrogen-bond acceptors (Lipinski definition) is 4. The first-order chi connectivity index (χ1) is 14.5. The number of ketones is 1. The predicted octanol–water partition coefficient (Wildman–Crippen LogP) is 5.21. The Bertz CT molecular complexity index is 1000. The van der Waals surface area contributed by atoms with Crippen LogP contribution in [0.3, 0.4) is 0 Å². The summed E-state index contributed by atoms with van der Waals surface area (Å²) in [5.74, 6) is 0.667. The number of hydrogen-bond donors (Lipinski definition) is 1. The van der Waals surface area contributed by atoms with E-state index < -0.39 is 0 Å². The summed E-state index contributed by atoms with van der Waals surface area (Å²) in [5, 5.41) is 9.65. The van der Waals surface area contributed by atoms with Gasteiger partial charge in [-0.1, -0.05) is 38.0 Å². The lowest BCUT2D eigenvalue weighted by Gasteiger charge is -2.13. The fraction of sp³-hybridized carbons (Fsp3) is 0.440. The molecule has 30 heavy (non-hydrogen) atoms. The number of aromatic nitrogens is 2. The van der Waals surface area contributed by atoms with Crippen molar-refractivity contribution in [2.45, 2.75) is 60.0 Å². The van der Waals surface area contributed by atoms with Crippen LogP contribution in [0.25, 0.3) is 5.65 Å². The number of imidazole rings is 1. The van der Waals surface area contributed by atoms with Crippen LogP contribution in [0.1, 0.15) is 65.5 Å². The van der Waals surface area contributed by atoms with E-state index in [9.17, 15) is 9.90 Å². The predicted molar refractivity (Wildman–Crippen MR) is 119 cm³/mol. The number of rotatable bonds is 10. The molecule has 2 aromatic heterocycles. The van der Waals surface area contributed by atoms with Gasteiger partial charge < -0.3 is 9.84 Å². The Labute approximate surface area is 178 Å². The number of fused-ring (bicyclic) bond motifs is 1. The van der Waals surface area contributed by atoms with Crippen molar-refractivity contribution in [3.8, 4) is 5.75 Å². The average Bonchev–Trinajstić information content (AvgIpc) is 3.07. The van der Waals surface area contributed by atoms with Gasteiger partial charge in [0.25, 0.3) is 0 Å². The van der Waals surface area contributed by atoms with Crippen molar-refractivity contribution in [2.75, 3.05) is 6.61 Å². The molecule has 2 heterocycles. The molecule has 5 nitrogen and oxygen atoms in total. The Morgan fingerprint density at radius 1 is 1.17 bits per heavy atom. The zero-order chi connectivity index (χ0) is 21.7. The third-order valence-corrected chi connectivity index (χ3v) is 5.77. The molecule has 0 saturated heterocycles. The largest absolute Gasteiger partial charge is 0.485 e. The van der Waals surface area contributed by atoms with Crippen LogP contribution in [0.4, 0.5) is 0 Å². The van der Waals surface area contributed by atoms with Crippen molar-refractivity contribution in [2.24, 2.45) is 5.92 Å². The summed E-state index contributed by atoms with van der Waals surface area (Å²) < 4.78 is 7.96. The van der Waals surface area contributed by atoms with E-state index >= 15 is 0 Å². The fourth-order valence-corrected chi connectivity index (χ4v) is 3.94. The second-order valence-corrected chi connectivity index (χ2v) is 8.09. The zero-order valence-corrected chi connectivity index (χ0v) is 18.4. The van der Waals surface area contributed by atoms with Crippen LogP contribution in [0.5, 0.6) is 5.75 Å². The van der Waals surface area contributed by atoms with Gasteiger partial charge in [0.15, 0.2) is 17.2 Å². The molecule has 0 aliphatic rings. The van der Waals surface area contributed by atoms with Gasteiger partial charge in [0.1, 0.15) is 12.3 Å². The molecule has 0 aliphatic carbocycles. The van der Waals surface area contributed by atoms with E-state index in [-0.39, 0.29) is 18.3 Å². The molecule has 0 fully saturated rings. The number of nitrogens with zero attached hydrogens (tertiary/aromatic N) is 2. The number of aliphatic hydroxyl groups excluding tert-OH is 1. The quantitative estimate of drug-likeness (QED) is 0.468. The Kier molecular flexibility index (Phi) is 7.27. The van der Waals surface area contributed by atoms with Crippen LogP contribution < -0.4 is 4.74 Å². The summed E-state index contributed by atoms with van der Waals surface area (Å²) in [5.41, 5.74) is 5.48. The van der Waals surface area contributed by atoms with Crippen LogP contribution >= 0.6 is 0 Å². The lowest BCUT2D eigenvalue weighted by molar-refractivity contribution is 0.0923. The van der Waals surface area contributed by atoms with E-state index in [1.165, 1.54) is 16.7 Å². The monoisotopic (exact) mass is 408 g/mol. The average molecular weight is 409 g/mol. The summed E-state index contributed by atoms with van der Waals surface area (Å²) in [6.45, 7) is 8.63. The van der Waals surface area contributed by atoms with Gasteiger partial charge in [-0.2, -0.15) is 0 Å². The maximum atomic E-state index is 13.0. The zero-order valence-electron chi connectivity index (χ0n) is 18.4. The topological polar surface area (TPSA) is 63.8 Å². The number of unbranched alkanes of at least 4 members (excludes halogenated alkanes) is 1. The summed E-state index contributed by atoms with van der Waals surface area (Å²) in [7, 11) is 0. The maximum Gasteiger partial charge on any atom is 0.181 e. The molecule has 1 aromatic carbocycles. The summed E-state index contributed by atoms with van der Waals surface area (Å²) in [6.07, 6.45) is 5.12. The third kappa shape index (κ3) is 4.73. The Morgan fingerprint density at radius 2 is 1.90 bits per heavy atom. The molecular weight excluding hydrogens is 376 g/mol. The summed E-state index contributed by atoms with van der Waals surface area (Å²) >= 11 is 0. The van der Waals surface area contributed by atoms with Crippen LogP contribution in [0, 0.1) is 26.7 Å². The minimum Gasteiger partial charge on any atom is -0.485 e. The SMILES string of the molecule is CCCC[C@H](CO)CC(=O)c1c(C)nc2c(OCc3c(C)cccc3C)cccn12. The Morgan fingerprint density at radius 3 is 2.57 bits per heavy atom. The van der Waals surface area contributed by atoms with Gasteiger partial charge in [-0.3, -0.25) is 9.20 Å². The highest BCUT2D eigenvalue weighted by Gasteiger charge is 2.22. The van der Waals surface area contributed by atoms with Gasteiger partial charge in [-0.05, 0) is 61.9 Å². The number of ether oxygens (including phenoxy) is 1. The standard InChI is InChI=1S/C25H32N2O3/c1-5-6-11-20(15-28)14-22(29)24-19(4)26-25-23(12-8-13-27(24)25)30-16-21-17(2)9-7-10-18(21)3/h7-10,12-13,20,28H,5-6,11,14-16H2,1-4H3/t20-/m0/s1. The number of aliphatic hydroxyl groups is 1. The number of Topliss-reactive ketones (excluding diaryl/α,β-unsaturated/α-hetero) is 1. The van der Waals surface area contributed by atoms with Crippen molar-refractivity contribution in [3.63, 3.8) is 0 Å². The van der Waals surface area contributed by atoms with Crippen LogP contribution in [-0.4, -0.2) is 26.9 Å². The minimum atomic E-state index is -0.00846. The number of aryl methyl sites for hydroxylation is 3. The highest BCUT2D eigenvalue weighted by atomic mass is 16.5. The normalized spacial score (nSPS) is 12.3. The first-order valence-electron chi connectivity index (χ1n) is 10.8. The van der Waals surface area contributed by atoms with Crippen molar-refractivity contribution >= 4 is 11.4 Å².